The molecule has 6 heteroatoms. The zero-order chi connectivity index (χ0) is 17.3. The second-order valence-electron chi connectivity index (χ2n) is 5.69. The first-order valence-corrected chi connectivity index (χ1v) is 7.55. The normalized spacial score (nSPS) is 12.6. The van der Waals surface area contributed by atoms with E-state index >= 15 is 0 Å². The van der Waals surface area contributed by atoms with Gasteiger partial charge in [0, 0.05) is 11.4 Å². The van der Waals surface area contributed by atoms with Crippen molar-refractivity contribution in [1.82, 2.24) is 5.32 Å². The highest BCUT2D eigenvalue weighted by molar-refractivity contribution is 6.22. The van der Waals surface area contributed by atoms with E-state index < -0.39 is 11.8 Å². The van der Waals surface area contributed by atoms with Gasteiger partial charge in [0.25, 0.3) is 11.8 Å². The van der Waals surface area contributed by atoms with E-state index in [2.05, 4.69) is 16.0 Å². The zero-order valence-corrected chi connectivity index (χ0v) is 13.4. The first-order valence-electron chi connectivity index (χ1n) is 7.55. The molecule has 0 aliphatic carbocycles. The van der Waals surface area contributed by atoms with Crippen LogP contribution in [0.25, 0.3) is 0 Å². The molecule has 0 saturated heterocycles. The predicted molar refractivity (Wildman–Crippen MR) is 91.3 cm³/mol. The number of anilines is 2. The minimum Gasteiger partial charge on any atom is -0.376 e. The molecule has 1 aliphatic rings. The third kappa shape index (κ3) is 2.99. The summed E-state index contributed by atoms with van der Waals surface area (Å²) in [5.41, 5.74) is 4.23. The maximum absolute atomic E-state index is 12.1. The number of hydrogen-bond donors (Lipinski definition) is 3. The molecule has 3 rings (SSSR count). The Labute approximate surface area is 139 Å². The maximum Gasteiger partial charge on any atom is 0.259 e. The lowest BCUT2D eigenvalue weighted by Gasteiger charge is -2.12. The fourth-order valence-corrected chi connectivity index (χ4v) is 2.57. The Morgan fingerprint density at radius 2 is 1.79 bits per heavy atom. The Balaban J connectivity index is 1.66. The third-order valence-electron chi connectivity index (χ3n) is 4.06. The van der Waals surface area contributed by atoms with Gasteiger partial charge in [-0.3, -0.25) is 19.7 Å². The number of rotatable bonds is 4. The van der Waals surface area contributed by atoms with E-state index in [1.165, 1.54) is 12.1 Å². The van der Waals surface area contributed by atoms with E-state index in [1.807, 2.05) is 32.0 Å². The van der Waals surface area contributed by atoms with Crippen LogP contribution in [0.2, 0.25) is 0 Å². The molecule has 0 bridgehead atoms. The van der Waals surface area contributed by atoms with Gasteiger partial charge >= 0.3 is 0 Å². The highest BCUT2D eigenvalue weighted by Crippen LogP contribution is 2.20. The number of amides is 3. The molecule has 2 aromatic rings. The summed E-state index contributed by atoms with van der Waals surface area (Å²) in [5, 5.41) is 8.03. The first kappa shape index (κ1) is 15.7. The summed E-state index contributed by atoms with van der Waals surface area (Å²) in [6.45, 7) is 4.11. The molecule has 2 aromatic carbocycles. The van der Waals surface area contributed by atoms with Gasteiger partial charge in [0.2, 0.25) is 5.91 Å². The quantitative estimate of drug-likeness (QED) is 0.753. The number of carbonyl (C=O) groups is 3. The standard InChI is InChI=1S/C18H17N3O3/c1-10-4-3-5-15(11(10)2)19-9-16(22)20-12-6-7-13-14(8-12)18(24)21-17(13)23/h3-8,19H,9H2,1-2H3,(H,20,22)(H,21,23,24). The van der Waals surface area contributed by atoms with Gasteiger partial charge in [0.15, 0.2) is 0 Å². The molecule has 0 atom stereocenters. The summed E-state index contributed by atoms with van der Waals surface area (Å²) in [5.74, 6) is -1.09. The molecule has 1 heterocycles. The molecule has 24 heavy (non-hydrogen) atoms. The highest BCUT2D eigenvalue weighted by atomic mass is 16.2. The Morgan fingerprint density at radius 1 is 1.04 bits per heavy atom. The van der Waals surface area contributed by atoms with Gasteiger partial charge in [-0.25, -0.2) is 0 Å². The number of hydrogen-bond acceptors (Lipinski definition) is 4. The predicted octanol–water partition coefficient (Wildman–Crippen LogP) is 2.24. The Kier molecular flexibility index (Phi) is 4.04. The van der Waals surface area contributed by atoms with Gasteiger partial charge in [0.1, 0.15) is 0 Å². The van der Waals surface area contributed by atoms with E-state index in [0.29, 0.717) is 11.3 Å². The van der Waals surface area contributed by atoms with E-state index in [-0.39, 0.29) is 18.0 Å². The lowest BCUT2D eigenvalue weighted by molar-refractivity contribution is -0.114. The van der Waals surface area contributed by atoms with Crippen LogP contribution in [0.1, 0.15) is 31.8 Å². The summed E-state index contributed by atoms with van der Waals surface area (Å²) < 4.78 is 0. The summed E-state index contributed by atoms with van der Waals surface area (Å²) >= 11 is 0. The molecule has 6 nitrogen and oxygen atoms in total. The van der Waals surface area contributed by atoms with Crippen molar-refractivity contribution in [3.05, 3.63) is 58.7 Å². The van der Waals surface area contributed by atoms with Crippen molar-refractivity contribution >= 4 is 29.1 Å². The van der Waals surface area contributed by atoms with E-state index in [1.54, 1.807) is 6.07 Å². The van der Waals surface area contributed by atoms with E-state index in [9.17, 15) is 14.4 Å². The lowest BCUT2D eigenvalue weighted by atomic mass is 10.1. The van der Waals surface area contributed by atoms with Crippen LogP contribution in [0.3, 0.4) is 0 Å². The summed E-state index contributed by atoms with van der Waals surface area (Å²) in [7, 11) is 0. The molecule has 0 saturated carbocycles. The van der Waals surface area contributed by atoms with Crippen LogP contribution in [0.5, 0.6) is 0 Å². The van der Waals surface area contributed by atoms with Crippen molar-refractivity contribution < 1.29 is 14.4 Å². The topological polar surface area (TPSA) is 87.3 Å². The third-order valence-corrected chi connectivity index (χ3v) is 4.06. The largest absolute Gasteiger partial charge is 0.376 e. The van der Waals surface area contributed by atoms with Crippen molar-refractivity contribution in [3.63, 3.8) is 0 Å². The van der Waals surface area contributed by atoms with Crippen molar-refractivity contribution in [1.29, 1.82) is 0 Å². The average molecular weight is 323 g/mol. The maximum atomic E-state index is 12.1. The number of carbonyl (C=O) groups excluding carboxylic acids is 3. The molecule has 122 valence electrons. The summed E-state index contributed by atoms with van der Waals surface area (Å²) in [6.07, 6.45) is 0. The summed E-state index contributed by atoms with van der Waals surface area (Å²) in [6, 6.07) is 10.5. The molecule has 0 aromatic heterocycles. The average Bonchev–Trinajstić information content (AvgIpc) is 2.83. The van der Waals surface area contributed by atoms with Crippen LogP contribution >= 0.6 is 0 Å². The van der Waals surface area contributed by atoms with Gasteiger partial charge in [-0.2, -0.15) is 0 Å². The van der Waals surface area contributed by atoms with Gasteiger partial charge in [-0.05, 0) is 49.2 Å². The Hall–Kier alpha value is -3.15. The number of aryl methyl sites for hydroxylation is 1. The van der Waals surface area contributed by atoms with Crippen LogP contribution in [-0.4, -0.2) is 24.3 Å². The van der Waals surface area contributed by atoms with Gasteiger partial charge in [-0.1, -0.05) is 12.1 Å². The molecule has 3 amide bonds. The zero-order valence-electron chi connectivity index (χ0n) is 13.4. The van der Waals surface area contributed by atoms with E-state index in [4.69, 9.17) is 0 Å². The summed E-state index contributed by atoms with van der Waals surface area (Å²) in [4.78, 5) is 35.2. The van der Waals surface area contributed by atoms with Crippen LogP contribution in [0.4, 0.5) is 11.4 Å². The first-order chi connectivity index (χ1) is 11.5. The molecule has 0 fully saturated rings. The Bertz CT molecular complexity index is 859. The number of benzene rings is 2. The fraction of sp³-hybridized carbons (Fsp3) is 0.167. The van der Waals surface area contributed by atoms with Crippen molar-refractivity contribution in [3.8, 4) is 0 Å². The molecule has 0 spiro atoms. The Morgan fingerprint density at radius 3 is 2.58 bits per heavy atom. The molecular weight excluding hydrogens is 306 g/mol. The van der Waals surface area contributed by atoms with Crippen LogP contribution < -0.4 is 16.0 Å². The van der Waals surface area contributed by atoms with Crippen LogP contribution in [-0.2, 0) is 4.79 Å². The number of imide groups is 1. The fourth-order valence-electron chi connectivity index (χ4n) is 2.57. The lowest BCUT2D eigenvalue weighted by Crippen LogP contribution is -2.22. The molecule has 1 aliphatic heterocycles. The molecule has 0 radical (unpaired) electrons. The van der Waals surface area contributed by atoms with Gasteiger partial charge < -0.3 is 10.6 Å². The smallest absolute Gasteiger partial charge is 0.259 e. The van der Waals surface area contributed by atoms with Crippen LogP contribution in [0.15, 0.2) is 36.4 Å². The van der Waals surface area contributed by atoms with Gasteiger partial charge in [0.05, 0.1) is 17.7 Å². The monoisotopic (exact) mass is 323 g/mol. The highest BCUT2D eigenvalue weighted by Gasteiger charge is 2.26. The minimum absolute atomic E-state index is 0.104. The minimum atomic E-state index is -0.445. The van der Waals surface area contributed by atoms with Crippen molar-refractivity contribution in [2.24, 2.45) is 0 Å². The number of fused-ring (bicyclic) bond motifs is 1. The van der Waals surface area contributed by atoms with Crippen LogP contribution in [0, 0.1) is 13.8 Å². The number of nitrogens with one attached hydrogen (secondary N) is 3. The second-order valence-corrected chi connectivity index (χ2v) is 5.69. The van der Waals surface area contributed by atoms with E-state index in [0.717, 1.165) is 16.8 Å². The molecule has 0 unspecified atom stereocenters. The van der Waals surface area contributed by atoms with Crippen molar-refractivity contribution in [2.75, 3.05) is 17.2 Å². The molecular formula is C18H17N3O3. The molecule has 3 N–H and O–H groups in total. The van der Waals surface area contributed by atoms with Gasteiger partial charge in [-0.15, -0.1) is 0 Å². The second kappa shape index (κ2) is 6.16. The SMILES string of the molecule is Cc1cccc(NCC(=O)Nc2ccc3c(c2)C(=O)NC3=O)c1C. The van der Waals surface area contributed by atoms with Crippen molar-refractivity contribution in [2.45, 2.75) is 13.8 Å².